The maximum Gasteiger partial charge on any atom is 0.248 e. The van der Waals surface area contributed by atoms with Gasteiger partial charge in [-0.3, -0.25) is 0 Å². The number of nitrogens with zero attached hydrogens (tertiary/aromatic N) is 2. The van der Waals surface area contributed by atoms with Crippen LogP contribution >= 0.6 is 0 Å². The summed E-state index contributed by atoms with van der Waals surface area (Å²) < 4.78 is 4.28. The van der Waals surface area contributed by atoms with E-state index in [4.69, 9.17) is 0 Å². The highest BCUT2D eigenvalue weighted by Crippen LogP contribution is 1.89. The average Bonchev–Trinajstić information content (AvgIpc) is 2.50. The van der Waals surface area contributed by atoms with Crippen LogP contribution in [0.25, 0.3) is 6.20 Å². The van der Waals surface area contributed by atoms with Gasteiger partial charge in [0.25, 0.3) is 0 Å². The zero-order valence-corrected chi connectivity index (χ0v) is 9.87. The van der Waals surface area contributed by atoms with Crippen LogP contribution in [0.3, 0.4) is 0 Å². The van der Waals surface area contributed by atoms with Crippen LogP contribution in [0.1, 0.15) is 26.7 Å². The minimum atomic E-state index is 0. The Morgan fingerprint density at radius 1 is 1.46 bits per heavy atom. The Balaban J connectivity index is 0.00000144. The largest absolute Gasteiger partial charge is 1.00 e. The fourth-order valence-corrected chi connectivity index (χ4v) is 1.14. The van der Waals surface area contributed by atoms with Gasteiger partial charge in [0.1, 0.15) is 12.4 Å². The predicted octanol–water partition coefficient (Wildman–Crippen LogP) is -0.930. The van der Waals surface area contributed by atoms with Gasteiger partial charge in [0.15, 0.2) is 0 Å². The first-order chi connectivity index (χ1) is 5.86. The first-order valence-corrected chi connectivity index (χ1v) is 4.56. The zero-order valence-electron chi connectivity index (χ0n) is 8.28. The number of imidazole rings is 1. The third kappa shape index (κ3) is 4.27. The van der Waals surface area contributed by atoms with E-state index in [-0.39, 0.29) is 17.0 Å². The van der Waals surface area contributed by atoms with Gasteiger partial charge < -0.3 is 17.0 Å². The number of halogens is 1. The van der Waals surface area contributed by atoms with Crippen molar-refractivity contribution in [1.29, 1.82) is 0 Å². The van der Waals surface area contributed by atoms with Gasteiger partial charge in [-0.2, -0.15) is 0 Å². The second-order valence-electron chi connectivity index (χ2n) is 2.93. The molecule has 0 atom stereocenters. The van der Waals surface area contributed by atoms with Crippen LogP contribution in [0.4, 0.5) is 0 Å². The van der Waals surface area contributed by atoms with E-state index in [9.17, 15) is 0 Å². The molecule has 1 rings (SSSR count). The molecule has 0 N–H and O–H groups in total. The van der Waals surface area contributed by atoms with E-state index in [1.54, 1.807) is 0 Å². The smallest absolute Gasteiger partial charge is 0.248 e. The highest BCUT2D eigenvalue weighted by Gasteiger charge is 1.98. The molecule has 0 aliphatic rings. The number of hydrogen-bond acceptors (Lipinski definition) is 0. The Labute approximate surface area is 90.7 Å². The summed E-state index contributed by atoms with van der Waals surface area (Å²) in [7, 11) is 0. The van der Waals surface area contributed by atoms with Gasteiger partial charge in [-0.1, -0.05) is 13.3 Å². The van der Waals surface area contributed by atoms with E-state index in [2.05, 4.69) is 34.8 Å². The molecule has 0 fully saturated rings. The molecule has 1 aromatic heterocycles. The molecule has 13 heavy (non-hydrogen) atoms. The first-order valence-electron chi connectivity index (χ1n) is 4.56. The summed E-state index contributed by atoms with van der Waals surface area (Å²) in [5.41, 5.74) is 0. The van der Waals surface area contributed by atoms with Crippen LogP contribution in [-0.2, 0) is 6.54 Å². The monoisotopic (exact) mass is 244 g/mol. The van der Waals surface area contributed by atoms with Crippen LogP contribution in [0.5, 0.6) is 0 Å². The third-order valence-electron chi connectivity index (χ3n) is 1.80. The standard InChI is InChI=1S/C10H17N2.BrH/c1-3-5-7-12-9-8-11(10-12)6-4-2;/h4,6,8-10H,3,5,7H2,1-2H3;1H/q+1;/p-1. The molecule has 0 saturated heterocycles. The molecule has 0 bridgehead atoms. The lowest BCUT2D eigenvalue weighted by Crippen LogP contribution is -3.00. The predicted molar refractivity (Wildman–Crippen MR) is 50.5 cm³/mol. The minimum absolute atomic E-state index is 0. The number of unbranched alkanes of at least 4 members (excludes halogenated alkanes) is 1. The molecule has 1 aromatic rings. The quantitative estimate of drug-likeness (QED) is 0.606. The Hall–Kier alpha value is -0.570. The maximum absolute atomic E-state index is 2.21. The fourth-order valence-electron chi connectivity index (χ4n) is 1.14. The number of aromatic nitrogens is 2. The van der Waals surface area contributed by atoms with Crippen LogP contribution in [0.15, 0.2) is 24.8 Å². The number of hydrogen-bond donors (Lipinski definition) is 0. The summed E-state index contributed by atoms with van der Waals surface area (Å²) in [5, 5.41) is 0. The van der Waals surface area contributed by atoms with E-state index in [1.165, 1.54) is 12.8 Å². The molecule has 0 spiro atoms. The lowest BCUT2D eigenvalue weighted by atomic mass is 10.3. The van der Waals surface area contributed by atoms with Crippen LogP contribution in [0, 0.1) is 0 Å². The molecular weight excluding hydrogens is 228 g/mol. The Kier molecular flexibility index (Phi) is 6.59. The highest BCUT2D eigenvalue weighted by molar-refractivity contribution is 5.18. The van der Waals surface area contributed by atoms with Crippen molar-refractivity contribution in [2.75, 3.05) is 0 Å². The van der Waals surface area contributed by atoms with Crippen molar-refractivity contribution in [3.05, 3.63) is 24.8 Å². The first kappa shape index (κ1) is 12.4. The molecule has 0 aliphatic carbocycles. The van der Waals surface area contributed by atoms with Crippen molar-refractivity contribution < 1.29 is 21.5 Å². The highest BCUT2D eigenvalue weighted by atomic mass is 79.9. The zero-order chi connectivity index (χ0) is 8.81. The number of aryl methyl sites for hydroxylation is 1. The molecule has 74 valence electrons. The van der Waals surface area contributed by atoms with E-state index >= 15 is 0 Å². The average molecular weight is 245 g/mol. The fraction of sp³-hybridized carbons (Fsp3) is 0.500. The lowest BCUT2D eigenvalue weighted by Gasteiger charge is -1.90. The van der Waals surface area contributed by atoms with Crippen LogP contribution < -0.4 is 21.5 Å². The molecule has 0 saturated carbocycles. The van der Waals surface area contributed by atoms with Crippen molar-refractivity contribution in [3.63, 3.8) is 0 Å². The molecular formula is C10H17BrN2. The topological polar surface area (TPSA) is 8.81 Å². The molecule has 0 aromatic carbocycles. The van der Waals surface area contributed by atoms with Crippen molar-refractivity contribution in [2.24, 2.45) is 0 Å². The molecule has 0 amide bonds. The van der Waals surface area contributed by atoms with Gasteiger partial charge in [-0.05, 0) is 19.4 Å². The molecule has 0 radical (unpaired) electrons. The molecule has 0 unspecified atom stereocenters. The summed E-state index contributed by atoms with van der Waals surface area (Å²) >= 11 is 0. The van der Waals surface area contributed by atoms with E-state index in [0.29, 0.717) is 0 Å². The minimum Gasteiger partial charge on any atom is -1.00 e. The molecule has 2 nitrogen and oxygen atoms in total. The lowest BCUT2D eigenvalue weighted by molar-refractivity contribution is -0.696. The van der Waals surface area contributed by atoms with Crippen LogP contribution in [-0.4, -0.2) is 4.57 Å². The van der Waals surface area contributed by atoms with Crippen molar-refractivity contribution >= 4 is 6.20 Å². The summed E-state index contributed by atoms with van der Waals surface area (Å²) in [6.07, 6.45) is 12.9. The second kappa shape index (κ2) is 6.89. The maximum atomic E-state index is 2.21. The molecule has 3 heteroatoms. The van der Waals surface area contributed by atoms with Gasteiger partial charge in [0.2, 0.25) is 6.33 Å². The van der Waals surface area contributed by atoms with Gasteiger partial charge in [0.05, 0.1) is 12.7 Å². The molecule has 0 aliphatic heterocycles. The third-order valence-corrected chi connectivity index (χ3v) is 1.80. The van der Waals surface area contributed by atoms with Crippen LogP contribution in [0.2, 0.25) is 0 Å². The SMILES string of the molecule is CC=Cn1cc[n+](CCCC)c1.[Br-]. The van der Waals surface area contributed by atoms with Gasteiger partial charge in [-0.15, -0.1) is 0 Å². The number of allylic oxidation sites excluding steroid dienone is 1. The summed E-state index contributed by atoms with van der Waals surface area (Å²) in [5.74, 6) is 0. The molecule has 1 heterocycles. The van der Waals surface area contributed by atoms with E-state index < -0.39 is 0 Å². The Morgan fingerprint density at radius 2 is 2.23 bits per heavy atom. The summed E-state index contributed by atoms with van der Waals surface area (Å²) in [4.78, 5) is 0. The van der Waals surface area contributed by atoms with Crippen molar-refractivity contribution in [2.45, 2.75) is 33.2 Å². The van der Waals surface area contributed by atoms with E-state index in [1.807, 2.05) is 19.2 Å². The van der Waals surface area contributed by atoms with Crippen molar-refractivity contribution in [1.82, 2.24) is 4.57 Å². The van der Waals surface area contributed by atoms with Gasteiger partial charge in [0, 0.05) is 0 Å². The second-order valence-corrected chi connectivity index (χ2v) is 2.93. The van der Waals surface area contributed by atoms with Crippen molar-refractivity contribution in [3.8, 4) is 0 Å². The van der Waals surface area contributed by atoms with E-state index in [0.717, 1.165) is 6.54 Å². The van der Waals surface area contributed by atoms with Gasteiger partial charge in [-0.25, -0.2) is 9.13 Å². The number of rotatable bonds is 4. The Bertz CT molecular complexity index is 253. The van der Waals surface area contributed by atoms with Gasteiger partial charge >= 0.3 is 0 Å². The Morgan fingerprint density at radius 3 is 2.85 bits per heavy atom. The summed E-state index contributed by atoms with van der Waals surface area (Å²) in [6.45, 7) is 5.36. The normalized spacial score (nSPS) is 10.3. The summed E-state index contributed by atoms with van der Waals surface area (Å²) in [6, 6.07) is 0.